The minimum Gasteiger partial charge on any atom is -0.494 e. The Morgan fingerprint density at radius 3 is 2.48 bits per heavy atom. The molecule has 2 aromatic rings. The van der Waals surface area contributed by atoms with Crippen LogP contribution in [0.1, 0.15) is 79.6 Å². The van der Waals surface area contributed by atoms with Crippen molar-refractivity contribution in [1.82, 2.24) is 24.8 Å². The van der Waals surface area contributed by atoms with Gasteiger partial charge in [-0.3, -0.25) is 24.0 Å². The molecule has 1 aromatic carbocycles. The van der Waals surface area contributed by atoms with Crippen LogP contribution in [0.3, 0.4) is 0 Å². The van der Waals surface area contributed by atoms with Crippen LogP contribution >= 0.6 is 0 Å². The number of hydrogen-bond acceptors (Lipinski definition) is 9. The van der Waals surface area contributed by atoms with Crippen LogP contribution in [0.25, 0.3) is 10.8 Å². The van der Waals surface area contributed by atoms with Gasteiger partial charge in [-0.1, -0.05) is 26.0 Å². The van der Waals surface area contributed by atoms with Gasteiger partial charge in [0.2, 0.25) is 27.7 Å². The smallest absolute Gasteiger partial charge is 0.408 e. The van der Waals surface area contributed by atoms with Crippen LogP contribution in [0, 0.1) is 23.6 Å². The summed E-state index contributed by atoms with van der Waals surface area (Å²) in [5.41, 5.74) is -2.58. The normalized spacial score (nSPS) is 29.9. The van der Waals surface area contributed by atoms with Crippen molar-refractivity contribution in [1.29, 1.82) is 0 Å². The maximum absolute atomic E-state index is 15.2. The third-order valence-corrected chi connectivity index (χ3v) is 12.9. The van der Waals surface area contributed by atoms with Gasteiger partial charge in [0.1, 0.15) is 23.7 Å². The Kier molecular flexibility index (Phi) is 10.6. The van der Waals surface area contributed by atoms with E-state index in [0.29, 0.717) is 37.5 Å². The van der Waals surface area contributed by atoms with Crippen molar-refractivity contribution in [3.63, 3.8) is 0 Å². The van der Waals surface area contributed by atoms with Crippen molar-refractivity contribution in [2.75, 3.05) is 13.7 Å². The number of nitrogens with one attached hydrogen (secondary N) is 2. The number of nitrogens with zero attached hydrogens (tertiary/aromatic N) is 3. The molecule has 16 heteroatoms. The molecule has 7 atom stereocenters. The number of carbonyl (C=O) groups is 4. The Morgan fingerprint density at radius 1 is 1.11 bits per heavy atom. The lowest BCUT2D eigenvalue weighted by Gasteiger charge is -2.43. The highest BCUT2D eigenvalue weighted by Crippen LogP contribution is 2.46. The minimum atomic E-state index is -3.94. The molecule has 1 saturated heterocycles. The number of amides is 4. The summed E-state index contributed by atoms with van der Waals surface area (Å²) < 4.78 is 54.6. The van der Waals surface area contributed by atoms with Crippen molar-refractivity contribution in [2.24, 2.45) is 17.8 Å². The van der Waals surface area contributed by atoms with E-state index in [4.69, 9.17) is 9.47 Å². The minimum absolute atomic E-state index is 0.0288. The monoisotopic (exact) mass is 771 g/mol. The Morgan fingerprint density at radius 2 is 1.83 bits per heavy atom. The lowest BCUT2D eigenvalue weighted by Crippen LogP contribution is -2.62. The summed E-state index contributed by atoms with van der Waals surface area (Å²) >= 11 is 0. The first-order chi connectivity index (χ1) is 25.4. The molecule has 2 saturated carbocycles. The van der Waals surface area contributed by atoms with Gasteiger partial charge in [-0.15, -0.1) is 0 Å². The van der Waals surface area contributed by atoms with Gasteiger partial charge in [-0.05, 0) is 89.3 Å². The quantitative estimate of drug-likeness (QED) is 0.342. The van der Waals surface area contributed by atoms with E-state index in [9.17, 15) is 32.7 Å². The van der Waals surface area contributed by atoms with E-state index in [-0.39, 0.29) is 42.3 Å². The fourth-order valence-corrected chi connectivity index (χ4v) is 9.41. The highest BCUT2D eigenvalue weighted by Gasteiger charge is 2.62. The second-order valence-corrected chi connectivity index (χ2v) is 18.3. The third-order valence-electron chi connectivity index (χ3n) is 11.1. The molecule has 0 radical (unpaired) electrons. The number of fused-ring (bicyclic) bond motifs is 3. The zero-order valence-electron chi connectivity index (χ0n) is 31.5. The van der Waals surface area contributed by atoms with Crippen molar-refractivity contribution < 1.29 is 46.6 Å². The number of carbonyl (C=O) groups excluding carboxylic acids is 3. The molecule has 2 aliphatic carbocycles. The van der Waals surface area contributed by atoms with E-state index in [1.807, 2.05) is 26.0 Å². The van der Waals surface area contributed by atoms with Crippen molar-refractivity contribution in [2.45, 2.75) is 114 Å². The molecule has 4 aliphatic rings. The second kappa shape index (κ2) is 14.6. The van der Waals surface area contributed by atoms with Gasteiger partial charge in [0.25, 0.3) is 5.91 Å². The molecule has 0 spiro atoms. The molecular formula is C38H50FN5O9S. The molecule has 3 heterocycles. The first-order valence-electron chi connectivity index (χ1n) is 18.5. The topological polar surface area (TPSA) is 185 Å². The maximum atomic E-state index is 15.2. The summed E-state index contributed by atoms with van der Waals surface area (Å²) in [6.07, 6.45) is 5.79. The molecule has 4 amide bonds. The van der Waals surface area contributed by atoms with Crippen LogP contribution in [0.2, 0.25) is 0 Å². The predicted octanol–water partition coefficient (Wildman–Crippen LogP) is 4.37. The van der Waals surface area contributed by atoms with Crippen LogP contribution in [0.4, 0.5) is 9.18 Å². The number of ether oxygens (including phenoxy) is 2. The summed E-state index contributed by atoms with van der Waals surface area (Å²) in [5, 5.41) is 13.2. The molecule has 0 bridgehead atoms. The number of carboxylic acid groups (broad SMARTS) is 1. The van der Waals surface area contributed by atoms with E-state index in [0.717, 1.165) is 4.90 Å². The number of hydrogen-bond donors (Lipinski definition) is 3. The van der Waals surface area contributed by atoms with Gasteiger partial charge in [0, 0.05) is 34.8 Å². The van der Waals surface area contributed by atoms with E-state index in [1.165, 1.54) is 30.3 Å². The van der Waals surface area contributed by atoms with Gasteiger partial charge in [-0.2, -0.15) is 0 Å². The number of rotatable bonds is 7. The number of pyridine rings is 1. The summed E-state index contributed by atoms with van der Waals surface area (Å²) in [7, 11) is -2.59. The molecule has 2 aliphatic heterocycles. The van der Waals surface area contributed by atoms with E-state index < -0.39 is 86.0 Å². The number of allylic oxidation sites excluding steroid dienone is 1. The van der Waals surface area contributed by atoms with Crippen LogP contribution in [-0.2, 0) is 24.4 Å². The second-order valence-electron chi connectivity index (χ2n) is 16.3. The highest BCUT2D eigenvalue weighted by molar-refractivity contribution is 7.91. The molecule has 1 aromatic heterocycles. The average Bonchev–Trinajstić information content (AvgIpc) is 4.01. The molecule has 294 valence electrons. The summed E-state index contributed by atoms with van der Waals surface area (Å²) in [6.45, 7) is 8.84. The third kappa shape index (κ3) is 7.71. The number of aromatic nitrogens is 1. The Labute approximate surface area is 314 Å². The van der Waals surface area contributed by atoms with Crippen molar-refractivity contribution in [3.8, 4) is 11.6 Å². The van der Waals surface area contributed by atoms with Gasteiger partial charge < -0.3 is 24.8 Å². The van der Waals surface area contributed by atoms with Gasteiger partial charge in [0.05, 0.1) is 18.9 Å². The Bertz CT molecular complexity index is 1970. The zero-order valence-corrected chi connectivity index (χ0v) is 32.3. The molecule has 54 heavy (non-hydrogen) atoms. The van der Waals surface area contributed by atoms with E-state index in [2.05, 4.69) is 15.0 Å². The molecule has 3 N–H and O–H groups in total. The van der Waals surface area contributed by atoms with Crippen LogP contribution < -0.4 is 19.5 Å². The van der Waals surface area contributed by atoms with Crippen molar-refractivity contribution in [3.05, 3.63) is 42.4 Å². The molecular weight excluding hydrogens is 722 g/mol. The van der Waals surface area contributed by atoms with Gasteiger partial charge in [0.15, 0.2) is 11.6 Å². The largest absolute Gasteiger partial charge is 0.494 e. The molecule has 14 nitrogen and oxygen atoms in total. The van der Waals surface area contributed by atoms with E-state index >= 15 is 4.39 Å². The SMILES string of the molecule is COc1ccc2c(O[C@@H]3C[C@H]4C(=O)N[C@]5(C(=O)NS(=O)(=O)C6CC6)C[C@H]5/C=C\CC[C@@H](C)C[C@@H](C)[C@H](N(C(=O)O)C(C)(C)C)C(=O)N4C3)nccc2c1F. The molecule has 0 unspecified atom stereocenters. The predicted molar refractivity (Wildman–Crippen MR) is 197 cm³/mol. The first kappa shape index (κ1) is 39.2. The number of sulfonamides is 1. The Balaban J connectivity index is 1.40. The molecule has 3 fully saturated rings. The van der Waals surface area contributed by atoms with E-state index in [1.54, 1.807) is 26.8 Å². The lowest BCUT2D eigenvalue weighted by molar-refractivity contribution is -0.146. The van der Waals surface area contributed by atoms with Crippen LogP contribution in [-0.4, -0.2) is 100 Å². The zero-order chi connectivity index (χ0) is 39.3. The average molecular weight is 772 g/mol. The number of methoxy groups -OCH3 is 1. The summed E-state index contributed by atoms with van der Waals surface area (Å²) in [6, 6.07) is 2.08. The Hall–Kier alpha value is -4.47. The summed E-state index contributed by atoms with van der Waals surface area (Å²) in [4.78, 5) is 62.9. The lowest BCUT2D eigenvalue weighted by atomic mass is 9.85. The maximum Gasteiger partial charge on any atom is 0.408 e. The first-order valence-corrected chi connectivity index (χ1v) is 20.1. The number of halogens is 1. The van der Waals surface area contributed by atoms with Crippen LogP contribution in [0.15, 0.2) is 36.5 Å². The summed E-state index contributed by atoms with van der Waals surface area (Å²) in [5.74, 6) is -3.55. The van der Waals surface area contributed by atoms with Crippen molar-refractivity contribution >= 4 is 44.6 Å². The fourth-order valence-electron chi connectivity index (χ4n) is 8.05. The fraction of sp³-hybridized carbons (Fsp3) is 0.605. The highest BCUT2D eigenvalue weighted by atomic mass is 32.2. The number of benzene rings is 1. The van der Waals surface area contributed by atoms with Gasteiger partial charge >= 0.3 is 6.09 Å². The standard InChI is InChI=1S/C38H50FN5O9S/c1-21-9-7-8-10-23-19-38(23,35(47)42-54(50,51)25-11-12-25)41-32(45)28-18-24(53-33-27-13-14-29(52-6)30(39)26(27)15-16-40-33)20-43(28)34(46)31(22(2)17-21)44(36(48)49)37(3,4)5/h8,10,13-16,21-25,28,31H,7,9,11-12,17-20H2,1-6H3,(H,41,45)(H,42,47)(H,48,49)/b10-8-/t21-,22-,23-,24-,28+,31+,38-/m1/s1. The van der Waals surface area contributed by atoms with Crippen LogP contribution in [0.5, 0.6) is 11.6 Å². The molecule has 6 rings (SSSR count). The van der Waals surface area contributed by atoms with Gasteiger partial charge in [-0.25, -0.2) is 22.6 Å².